The van der Waals surface area contributed by atoms with Gasteiger partial charge in [0.2, 0.25) is 0 Å². The van der Waals surface area contributed by atoms with E-state index in [2.05, 4.69) is 29.0 Å². The molecule has 0 unspecified atom stereocenters. The van der Waals surface area contributed by atoms with Gasteiger partial charge in [0, 0.05) is 0 Å². The molecule has 2 saturated carbocycles. The Bertz CT molecular complexity index is 781. The first-order valence-electron chi connectivity index (χ1n) is 11.4. The van der Waals surface area contributed by atoms with Gasteiger partial charge in [0.15, 0.2) is 0 Å². The molecule has 2 aliphatic carbocycles. The maximum Gasteiger partial charge on any atom is 0.573 e. The molecule has 0 radical (unpaired) electrons. The van der Waals surface area contributed by atoms with E-state index >= 15 is 0 Å². The van der Waals surface area contributed by atoms with E-state index in [1.807, 2.05) is 0 Å². The van der Waals surface area contributed by atoms with E-state index in [1.54, 1.807) is 12.1 Å². The number of halogens is 3. The van der Waals surface area contributed by atoms with Gasteiger partial charge in [0.25, 0.3) is 0 Å². The summed E-state index contributed by atoms with van der Waals surface area (Å²) in [7, 11) is 0. The van der Waals surface area contributed by atoms with Crippen molar-refractivity contribution in [2.45, 2.75) is 70.6 Å². The predicted molar refractivity (Wildman–Crippen MR) is 114 cm³/mol. The van der Waals surface area contributed by atoms with E-state index in [0.717, 1.165) is 35.3 Å². The van der Waals surface area contributed by atoms with E-state index < -0.39 is 6.36 Å². The van der Waals surface area contributed by atoms with Crippen LogP contribution < -0.4 is 4.74 Å². The lowest BCUT2D eigenvalue weighted by atomic mass is 9.74. The lowest BCUT2D eigenvalue weighted by molar-refractivity contribution is -0.274. The van der Waals surface area contributed by atoms with Crippen molar-refractivity contribution in [3.8, 4) is 16.9 Å². The van der Waals surface area contributed by atoms with Gasteiger partial charge in [-0.3, -0.25) is 0 Å². The number of hydrogen-bond acceptors (Lipinski definition) is 1. The summed E-state index contributed by atoms with van der Waals surface area (Å²) in [5.41, 5.74) is 3.24. The van der Waals surface area contributed by atoms with Gasteiger partial charge in [-0.25, -0.2) is 0 Å². The average molecular weight is 417 g/mol. The van der Waals surface area contributed by atoms with Crippen LogP contribution in [0.5, 0.6) is 5.75 Å². The number of ether oxygens (including phenoxy) is 1. The molecule has 4 rings (SSSR count). The molecule has 2 fully saturated rings. The average Bonchev–Trinajstić information content (AvgIpc) is 3.27. The largest absolute Gasteiger partial charge is 0.573 e. The van der Waals surface area contributed by atoms with Crippen LogP contribution in [0.2, 0.25) is 0 Å². The quantitative estimate of drug-likeness (QED) is 0.461. The minimum atomic E-state index is -4.65. The van der Waals surface area contributed by atoms with Crippen molar-refractivity contribution >= 4 is 0 Å². The molecule has 0 saturated heterocycles. The molecular weight excluding hydrogens is 385 g/mol. The second-order valence-electron chi connectivity index (χ2n) is 9.13. The maximum atomic E-state index is 12.3. The number of hydrogen-bond donors (Lipinski definition) is 0. The normalized spacial score (nSPS) is 22.9. The predicted octanol–water partition coefficient (Wildman–Crippen LogP) is 8.18. The van der Waals surface area contributed by atoms with E-state index in [-0.39, 0.29) is 5.75 Å². The Labute approximate surface area is 177 Å². The van der Waals surface area contributed by atoms with Crippen LogP contribution in [-0.2, 0) is 6.42 Å². The third kappa shape index (κ3) is 5.80. The Morgan fingerprint density at radius 2 is 1.23 bits per heavy atom. The van der Waals surface area contributed by atoms with Crippen LogP contribution in [-0.4, -0.2) is 6.36 Å². The lowest BCUT2D eigenvalue weighted by Crippen LogP contribution is -2.20. The fourth-order valence-corrected chi connectivity index (χ4v) is 5.46. The van der Waals surface area contributed by atoms with Crippen LogP contribution in [0, 0.1) is 17.8 Å². The molecular formula is C26H31F3O. The Morgan fingerprint density at radius 1 is 0.700 bits per heavy atom. The summed E-state index contributed by atoms with van der Waals surface area (Å²) >= 11 is 0. The maximum absolute atomic E-state index is 12.3. The second kappa shape index (κ2) is 9.45. The van der Waals surface area contributed by atoms with E-state index in [1.165, 1.54) is 75.5 Å². The molecule has 30 heavy (non-hydrogen) atoms. The number of rotatable bonds is 6. The highest BCUT2D eigenvalue weighted by atomic mass is 19.4. The Morgan fingerprint density at radius 3 is 1.80 bits per heavy atom. The van der Waals surface area contributed by atoms with Crippen molar-refractivity contribution in [3.63, 3.8) is 0 Å². The standard InChI is InChI=1S/C26H31F3O/c27-26(28,29)30-25-17-15-24(16-18-25)23-13-9-20(10-14-23)6-5-19-7-11-22(12-8-19)21-3-1-2-4-21/h9-10,13-19,21-22H,1-8,11-12H2. The SMILES string of the molecule is FC(F)(F)Oc1ccc(-c2ccc(CCC3CCC(C4CCCC4)CC3)cc2)cc1. The molecule has 0 heterocycles. The summed E-state index contributed by atoms with van der Waals surface area (Å²) < 4.78 is 40.8. The number of benzene rings is 2. The van der Waals surface area contributed by atoms with Crippen LogP contribution in [0.3, 0.4) is 0 Å². The molecule has 1 nitrogen and oxygen atoms in total. The van der Waals surface area contributed by atoms with Crippen LogP contribution in [0.15, 0.2) is 48.5 Å². The molecule has 0 N–H and O–H groups in total. The van der Waals surface area contributed by atoms with Crippen molar-refractivity contribution in [2.24, 2.45) is 17.8 Å². The summed E-state index contributed by atoms with van der Waals surface area (Å²) in [6.45, 7) is 0. The molecule has 2 aromatic carbocycles. The highest BCUT2D eigenvalue weighted by molar-refractivity contribution is 5.64. The first-order chi connectivity index (χ1) is 14.5. The highest BCUT2D eigenvalue weighted by Gasteiger charge is 2.31. The van der Waals surface area contributed by atoms with Crippen molar-refractivity contribution < 1.29 is 17.9 Å². The van der Waals surface area contributed by atoms with Crippen molar-refractivity contribution in [1.82, 2.24) is 0 Å². The third-order valence-corrected chi connectivity index (χ3v) is 7.17. The molecule has 0 aromatic heterocycles. The zero-order chi connectivity index (χ0) is 21.0. The van der Waals surface area contributed by atoms with Gasteiger partial charge in [-0.15, -0.1) is 13.2 Å². The summed E-state index contributed by atoms with van der Waals surface area (Å²) in [5.74, 6) is 2.69. The van der Waals surface area contributed by atoms with E-state index in [4.69, 9.17) is 0 Å². The first kappa shape index (κ1) is 21.3. The monoisotopic (exact) mass is 416 g/mol. The minimum absolute atomic E-state index is 0.189. The first-order valence-corrected chi connectivity index (χ1v) is 11.4. The molecule has 162 valence electrons. The lowest BCUT2D eigenvalue weighted by Gasteiger charge is -2.32. The summed E-state index contributed by atoms with van der Waals surface area (Å²) in [6, 6.07) is 14.5. The van der Waals surface area contributed by atoms with Crippen molar-refractivity contribution in [2.75, 3.05) is 0 Å². The van der Waals surface area contributed by atoms with Gasteiger partial charge in [0.1, 0.15) is 5.75 Å². The molecule has 2 aromatic rings. The smallest absolute Gasteiger partial charge is 0.406 e. The Hall–Kier alpha value is -1.97. The zero-order valence-electron chi connectivity index (χ0n) is 17.5. The molecule has 2 aliphatic rings. The molecule has 0 spiro atoms. The summed E-state index contributed by atoms with van der Waals surface area (Å²) in [4.78, 5) is 0. The van der Waals surface area contributed by atoms with Crippen LogP contribution in [0.25, 0.3) is 11.1 Å². The summed E-state index contributed by atoms with van der Waals surface area (Å²) in [6.07, 6.45) is 9.22. The molecule has 0 aliphatic heterocycles. The van der Waals surface area contributed by atoms with Gasteiger partial charge in [-0.1, -0.05) is 74.9 Å². The molecule has 4 heteroatoms. The van der Waals surface area contributed by atoms with Crippen molar-refractivity contribution in [3.05, 3.63) is 54.1 Å². The van der Waals surface area contributed by atoms with Gasteiger partial charge < -0.3 is 4.74 Å². The highest BCUT2D eigenvalue weighted by Crippen LogP contribution is 2.41. The Kier molecular flexibility index (Phi) is 6.70. The van der Waals surface area contributed by atoms with Gasteiger partial charge in [-0.05, 0) is 72.3 Å². The van der Waals surface area contributed by atoms with E-state index in [9.17, 15) is 13.2 Å². The third-order valence-electron chi connectivity index (χ3n) is 7.17. The van der Waals surface area contributed by atoms with E-state index in [0.29, 0.717) is 0 Å². The fourth-order valence-electron chi connectivity index (χ4n) is 5.46. The van der Waals surface area contributed by atoms with Gasteiger partial charge in [0.05, 0.1) is 0 Å². The molecule has 0 bridgehead atoms. The Balaban J connectivity index is 1.25. The molecule has 0 atom stereocenters. The fraction of sp³-hybridized carbons (Fsp3) is 0.538. The van der Waals surface area contributed by atoms with Gasteiger partial charge in [-0.2, -0.15) is 0 Å². The minimum Gasteiger partial charge on any atom is -0.406 e. The second-order valence-corrected chi connectivity index (χ2v) is 9.13. The van der Waals surface area contributed by atoms with Gasteiger partial charge >= 0.3 is 6.36 Å². The van der Waals surface area contributed by atoms with Crippen LogP contribution in [0.4, 0.5) is 13.2 Å². The zero-order valence-corrected chi connectivity index (χ0v) is 17.5. The van der Waals surface area contributed by atoms with Crippen molar-refractivity contribution in [1.29, 1.82) is 0 Å². The number of aryl methyl sites for hydroxylation is 1. The molecule has 0 amide bonds. The number of alkyl halides is 3. The van der Waals surface area contributed by atoms with Crippen LogP contribution in [0.1, 0.15) is 63.4 Å². The topological polar surface area (TPSA) is 9.23 Å². The summed E-state index contributed by atoms with van der Waals surface area (Å²) in [5, 5.41) is 0. The van der Waals surface area contributed by atoms with Crippen LogP contribution >= 0.6 is 0 Å².